The van der Waals surface area contributed by atoms with Crippen LogP contribution in [0.15, 0.2) is 23.2 Å². The van der Waals surface area contributed by atoms with Gasteiger partial charge in [0.25, 0.3) is 0 Å². The van der Waals surface area contributed by atoms with Crippen molar-refractivity contribution in [3.63, 3.8) is 0 Å². The Morgan fingerprint density at radius 3 is 2.89 bits per heavy atom. The van der Waals surface area contributed by atoms with Crippen LogP contribution >= 0.6 is 24.0 Å². The van der Waals surface area contributed by atoms with Gasteiger partial charge in [-0.2, -0.15) is 0 Å². The second-order valence-corrected chi connectivity index (χ2v) is 6.46. The Balaban J connectivity index is 0.00000364. The lowest BCUT2D eigenvalue weighted by Crippen LogP contribution is -2.38. The number of methoxy groups -OCH3 is 1. The molecule has 1 heterocycles. The summed E-state index contributed by atoms with van der Waals surface area (Å²) in [6.07, 6.45) is 3.09. The van der Waals surface area contributed by atoms with Crippen molar-refractivity contribution in [1.29, 1.82) is 0 Å². The largest absolute Gasteiger partial charge is 0.496 e. The van der Waals surface area contributed by atoms with Gasteiger partial charge in [-0.05, 0) is 44.7 Å². The van der Waals surface area contributed by atoms with E-state index < -0.39 is 0 Å². The minimum atomic E-state index is 0. The monoisotopic (exact) mass is 491 g/mol. The van der Waals surface area contributed by atoms with Gasteiger partial charge in [0.15, 0.2) is 5.96 Å². The Morgan fingerprint density at radius 1 is 1.33 bits per heavy atom. The average Bonchev–Trinajstić information content (AvgIpc) is 3.15. The fourth-order valence-corrected chi connectivity index (χ4v) is 2.91. The first kappa shape index (κ1) is 24.0. The van der Waals surface area contributed by atoms with E-state index in [1.807, 2.05) is 6.07 Å². The van der Waals surface area contributed by atoms with Gasteiger partial charge in [0, 0.05) is 32.8 Å². The first-order valence-electron chi connectivity index (χ1n) is 9.58. The molecule has 6 nitrogen and oxygen atoms in total. The summed E-state index contributed by atoms with van der Waals surface area (Å²) in [4.78, 5) is 4.62. The molecule has 0 aliphatic carbocycles. The summed E-state index contributed by atoms with van der Waals surface area (Å²) in [5.41, 5.74) is 2.46. The lowest BCUT2D eigenvalue weighted by molar-refractivity contribution is 0.0424. The molecule has 0 spiro atoms. The fourth-order valence-electron chi connectivity index (χ4n) is 2.91. The van der Waals surface area contributed by atoms with Crippen LogP contribution in [0.4, 0.5) is 0 Å². The maximum absolute atomic E-state index is 5.77. The number of halogens is 1. The summed E-state index contributed by atoms with van der Waals surface area (Å²) in [6.45, 7) is 8.86. The molecule has 1 atom stereocenters. The van der Waals surface area contributed by atoms with E-state index in [0.717, 1.165) is 70.4 Å². The van der Waals surface area contributed by atoms with Crippen molar-refractivity contribution >= 4 is 29.9 Å². The molecule has 1 aromatic rings. The SMILES string of the molecule is CCNC(=NCCCOC1CCOC1)NCCc1cc(C)ccc1OC.I. The van der Waals surface area contributed by atoms with Crippen LogP contribution < -0.4 is 15.4 Å². The molecule has 0 bridgehead atoms. The average molecular weight is 491 g/mol. The van der Waals surface area contributed by atoms with Crippen LogP contribution in [0.1, 0.15) is 30.9 Å². The number of rotatable bonds is 10. The Morgan fingerprint density at radius 2 is 2.19 bits per heavy atom. The third-order valence-corrected chi connectivity index (χ3v) is 4.28. The molecule has 1 aromatic carbocycles. The Hall–Kier alpha value is -1.06. The molecule has 1 saturated heterocycles. The summed E-state index contributed by atoms with van der Waals surface area (Å²) in [5.74, 6) is 1.79. The van der Waals surface area contributed by atoms with Crippen LogP contribution in [0.25, 0.3) is 0 Å². The molecule has 154 valence electrons. The maximum Gasteiger partial charge on any atom is 0.191 e. The summed E-state index contributed by atoms with van der Waals surface area (Å²) < 4.78 is 16.5. The number of benzene rings is 1. The number of nitrogens with one attached hydrogen (secondary N) is 2. The summed E-state index contributed by atoms with van der Waals surface area (Å²) in [7, 11) is 1.72. The standard InChI is InChI=1S/C20H33N3O3.HI/c1-4-21-20(22-10-5-12-26-18-9-13-25-15-18)23-11-8-17-14-16(2)6-7-19(17)24-3;/h6-7,14,18H,4-5,8-13,15H2,1-3H3,(H2,21,22,23);1H. The lowest BCUT2D eigenvalue weighted by atomic mass is 10.1. The van der Waals surface area contributed by atoms with Gasteiger partial charge in [-0.25, -0.2) is 0 Å². The van der Waals surface area contributed by atoms with Crippen LogP contribution in [0.3, 0.4) is 0 Å². The summed E-state index contributed by atoms with van der Waals surface area (Å²) in [5, 5.41) is 6.68. The molecular weight excluding hydrogens is 457 g/mol. The Kier molecular flexibility index (Phi) is 12.4. The minimum absolute atomic E-state index is 0. The molecule has 1 unspecified atom stereocenters. The van der Waals surface area contributed by atoms with E-state index >= 15 is 0 Å². The summed E-state index contributed by atoms with van der Waals surface area (Å²) >= 11 is 0. The highest BCUT2D eigenvalue weighted by molar-refractivity contribution is 14.0. The van der Waals surface area contributed by atoms with E-state index in [9.17, 15) is 0 Å². The van der Waals surface area contributed by atoms with Crippen molar-refractivity contribution in [3.05, 3.63) is 29.3 Å². The molecule has 27 heavy (non-hydrogen) atoms. The number of aryl methyl sites for hydroxylation is 1. The summed E-state index contributed by atoms with van der Waals surface area (Å²) in [6, 6.07) is 6.27. The van der Waals surface area contributed by atoms with Crippen molar-refractivity contribution < 1.29 is 14.2 Å². The third-order valence-electron chi connectivity index (χ3n) is 4.28. The molecule has 2 rings (SSSR count). The fraction of sp³-hybridized carbons (Fsp3) is 0.650. The predicted octanol–water partition coefficient (Wildman–Crippen LogP) is 2.91. The van der Waals surface area contributed by atoms with Gasteiger partial charge in [-0.1, -0.05) is 17.7 Å². The molecule has 0 saturated carbocycles. The first-order chi connectivity index (χ1) is 12.7. The van der Waals surface area contributed by atoms with Crippen molar-refractivity contribution in [3.8, 4) is 5.75 Å². The predicted molar refractivity (Wildman–Crippen MR) is 121 cm³/mol. The third kappa shape index (κ3) is 9.12. The topological polar surface area (TPSA) is 64.1 Å². The molecule has 7 heteroatoms. The van der Waals surface area contributed by atoms with Gasteiger partial charge >= 0.3 is 0 Å². The van der Waals surface area contributed by atoms with Gasteiger partial charge < -0.3 is 24.8 Å². The number of hydrogen-bond donors (Lipinski definition) is 2. The Labute approximate surface area is 180 Å². The zero-order valence-electron chi connectivity index (χ0n) is 16.8. The molecule has 0 aromatic heterocycles. The van der Waals surface area contributed by atoms with Crippen LogP contribution in [-0.4, -0.2) is 58.6 Å². The van der Waals surface area contributed by atoms with E-state index in [-0.39, 0.29) is 30.1 Å². The van der Waals surface area contributed by atoms with E-state index in [2.05, 4.69) is 41.6 Å². The zero-order chi connectivity index (χ0) is 18.6. The Bertz CT molecular complexity index is 563. The van der Waals surface area contributed by atoms with E-state index in [0.29, 0.717) is 0 Å². The number of ether oxygens (including phenoxy) is 3. The zero-order valence-corrected chi connectivity index (χ0v) is 19.1. The van der Waals surface area contributed by atoms with E-state index in [1.54, 1.807) is 7.11 Å². The van der Waals surface area contributed by atoms with E-state index in [4.69, 9.17) is 14.2 Å². The molecule has 1 aliphatic rings. The normalized spacial score (nSPS) is 16.7. The van der Waals surface area contributed by atoms with Gasteiger partial charge in [0.2, 0.25) is 0 Å². The number of guanidine groups is 1. The van der Waals surface area contributed by atoms with Crippen LogP contribution in [0.5, 0.6) is 5.75 Å². The molecule has 1 fully saturated rings. The van der Waals surface area contributed by atoms with Crippen molar-refractivity contribution in [2.24, 2.45) is 4.99 Å². The highest BCUT2D eigenvalue weighted by Crippen LogP contribution is 2.19. The highest BCUT2D eigenvalue weighted by Gasteiger charge is 2.15. The number of aliphatic imine (C=N–C) groups is 1. The number of hydrogen-bond acceptors (Lipinski definition) is 4. The quantitative estimate of drug-likeness (QED) is 0.228. The van der Waals surface area contributed by atoms with Crippen LogP contribution in [-0.2, 0) is 15.9 Å². The molecule has 1 aliphatic heterocycles. The van der Waals surface area contributed by atoms with Gasteiger partial charge in [-0.15, -0.1) is 24.0 Å². The van der Waals surface area contributed by atoms with Crippen molar-refractivity contribution in [2.75, 3.05) is 46.6 Å². The highest BCUT2D eigenvalue weighted by atomic mass is 127. The molecular formula is C20H34IN3O3. The first-order valence-corrected chi connectivity index (χ1v) is 9.58. The lowest BCUT2D eigenvalue weighted by Gasteiger charge is -2.13. The molecule has 0 amide bonds. The second kappa shape index (κ2) is 14.0. The van der Waals surface area contributed by atoms with Crippen molar-refractivity contribution in [2.45, 2.75) is 39.2 Å². The molecule has 2 N–H and O–H groups in total. The van der Waals surface area contributed by atoms with Crippen LogP contribution in [0.2, 0.25) is 0 Å². The van der Waals surface area contributed by atoms with Gasteiger partial charge in [-0.3, -0.25) is 4.99 Å². The minimum Gasteiger partial charge on any atom is -0.496 e. The smallest absolute Gasteiger partial charge is 0.191 e. The van der Waals surface area contributed by atoms with E-state index in [1.165, 1.54) is 11.1 Å². The van der Waals surface area contributed by atoms with Gasteiger partial charge in [0.05, 0.1) is 19.8 Å². The van der Waals surface area contributed by atoms with Crippen LogP contribution in [0, 0.1) is 6.92 Å². The maximum atomic E-state index is 5.77. The van der Waals surface area contributed by atoms with Gasteiger partial charge in [0.1, 0.15) is 5.75 Å². The van der Waals surface area contributed by atoms with Crippen molar-refractivity contribution in [1.82, 2.24) is 10.6 Å². The number of nitrogens with zero attached hydrogens (tertiary/aromatic N) is 1. The second-order valence-electron chi connectivity index (χ2n) is 6.46. The molecule has 0 radical (unpaired) electrons.